The van der Waals surface area contributed by atoms with Crippen molar-refractivity contribution in [1.82, 2.24) is 5.32 Å². The number of carbonyl (C=O) groups excluding carboxylic acids is 1. The van der Waals surface area contributed by atoms with Crippen LogP contribution in [0.5, 0.6) is 0 Å². The van der Waals surface area contributed by atoms with E-state index >= 15 is 0 Å². The van der Waals surface area contributed by atoms with Gasteiger partial charge in [-0.1, -0.05) is 38.1 Å². The molecule has 2 rings (SSSR count). The van der Waals surface area contributed by atoms with Crippen molar-refractivity contribution in [3.05, 3.63) is 35.4 Å². The van der Waals surface area contributed by atoms with Gasteiger partial charge in [0.2, 0.25) is 5.91 Å². The van der Waals surface area contributed by atoms with Crippen molar-refractivity contribution in [1.29, 1.82) is 0 Å². The number of hydrogen-bond donors (Lipinski definition) is 2. The number of rotatable bonds is 4. The van der Waals surface area contributed by atoms with Crippen LogP contribution in [0.1, 0.15) is 57.1 Å². The van der Waals surface area contributed by atoms with Crippen LogP contribution in [0.15, 0.2) is 24.3 Å². The molecule has 0 bridgehead atoms. The molecule has 0 radical (unpaired) electrons. The van der Waals surface area contributed by atoms with E-state index in [0.717, 1.165) is 19.4 Å². The number of nitrogens with one attached hydrogen (secondary N) is 1. The Morgan fingerprint density at radius 2 is 2.15 bits per heavy atom. The Hall–Kier alpha value is -1.35. The molecule has 2 unspecified atom stereocenters. The molecule has 1 aliphatic carbocycles. The van der Waals surface area contributed by atoms with Crippen LogP contribution in [0.2, 0.25) is 0 Å². The van der Waals surface area contributed by atoms with Gasteiger partial charge in [0.25, 0.3) is 0 Å². The maximum Gasteiger partial charge on any atom is 0.221 e. The zero-order chi connectivity index (χ0) is 14.8. The first-order chi connectivity index (χ1) is 9.40. The highest BCUT2D eigenvalue weighted by Gasteiger charge is 2.32. The molecule has 20 heavy (non-hydrogen) atoms. The Kier molecular flexibility index (Phi) is 4.48. The summed E-state index contributed by atoms with van der Waals surface area (Å²) in [6.45, 7) is 7.18. The molecule has 0 saturated heterocycles. The molecule has 3 heteroatoms. The highest BCUT2D eigenvalue weighted by molar-refractivity contribution is 5.76. The molecule has 2 atom stereocenters. The van der Waals surface area contributed by atoms with Crippen molar-refractivity contribution >= 4 is 5.91 Å². The van der Waals surface area contributed by atoms with Gasteiger partial charge in [-0.3, -0.25) is 4.79 Å². The van der Waals surface area contributed by atoms with Crippen LogP contribution in [-0.4, -0.2) is 18.5 Å². The lowest BCUT2D eigenvalue weighted by Gasteiger charge is -2.37. The highest BCUT2D eigenvalue weighted by atomic mass is 16.1. The van der Waals surface area contributed by atoms with Gasteiger partial charge in [-0.05, 0) is 36.3 Å². The fourth-order valence-corrected chi connectivity index (χ4v) is 3.11. The molecule has 0 saturated carbocycles. The van der Waals surface area contributed by atoms with Gasteiger partial charge in [0.05, 0.1) is 0 Å². The Morgan fingerprint density at radius 3 is 2.85 bits per heavy atom. The molecule has 110 valence electrons. The van der Waals surface area contributed by atoms with E-state index in [2.05, 4.69) is 43.4 Å². The normalized spacial score (nSPS) is 21.9. The molecule has 1 aliphatic rings. The summed E-state index contributed by atoms with van der Waals surface area (Å²) in [7, 11) is 0. The van der Waals surface area contributed by atoms with Crippen molar-refractivity contribution < 1.29 is 4.79 Å². The van der Waals surface area contributed by atoms with Gasteiger partial charge in [-0.15, -0.1) is 0 Å². The first-order valence-electron chi connectivity index (χ1n) is 7.52. The van der Waals surface area contributed by atoms with E-state index in [1.54, 1.807) is 0 Å². The second-order valence-corrected chi connectivity index (χ2v) is 6.69. The molecular weight excluding hydrogens is 248 g/mol. The van der Waals surface area contributed by atoms with E-state index < -0.39 is 0 Å². The van der Waals surface area contributed by atoms with E-state index in [1.165, 1.54) is 11.1 Å². The smallest absolute Gasteiger partial charge is 0.221 e. The predicted molar refractivity (Wildman–Crippen MR) is 82.7 cm³/mol. The number of benzene rings is 1. The zero-order valence-corrected chi connectivity index (χ0v) is 12.8. The maximum atomic E-state index is 11.7. The van der Waals surface area contributed by atoms with E-state index in [1.807, 2.05) is 6.92 Å². The average Bonchev–Trinajstić information content (AvgIpc) is 2.37. The van der Waals surface area contributed by atoms with E-state index in [4.69, 9.17) is 5.73 Å². The fraction of sp³-hybridized carbons (Fsp3) is 0.588. The lowest BCUT2D eigenvalue weighted by Crippen LogP contribution is -2.35. The van der Waals surface area contributed by atoms with Crippen LogP contribution in [-0.2, 0) is 10.2 Å². The Balaban J connectivity index is 2.06. The summed E-state index contributed by atoms with van der Waals surface area (Å²) < 4.78 is 0. The first kappa shape index (κ1) is 15.0. The average molecular weight is 274 g/mol. The van der Waals surface area contributed by atoms with Crippen molar-refractivity contribution in [2.45, 2.75) is 57.4 Å². The highest BCUT2D eigenvalue weighted by Crippen LogP contribution is 2.42. The largest absolute Gasteiger partial charge is 0.355 e. The monoisotopic (exact) mass is 274 g/mol. The summed E-state index contributed by atoms with van der Waals surface area (Å²) in [6, 6.07) is 8.56. The van der Waals surface area contributed by atoms with Crippen LogP contribution in [0.3, 0.4) is 0 Å². The molecule has 1 aromatic carbocycles. The number of hydrogen-bond acceptors (Lipinski definition) is 2. The van der Waals surface area contributed by atoms with Crippen LogP contribution >= 0.6 is 0 Å². The Labute approximate surface area is 121 Å². The second kappa shape index (κ2) is 5.96. The van der Waals surface area contributed by atoms with Crippen LogP contribution in [0.4, 0.5) is 0 Å². The van der Waals surface area contributed by atoms with Crippen LogP contribution < -0.4 is 11.1 Å². The number of fused-ring (bicyclic) bond motifs is 1. The summed E-state index contributed by atoms with van der Waals surface area (Å²) in [5.41, 5.74) is 8.71. The van der Waals surface area contributed by atoms with Crippen LogP contribution in [0, 0.1) is 0 Å². The third kappa shape index (κ3) is 3.40. The molecule has 3 N–H and O–H groups in total. The van der Waals surface area contributed by atoms with Gasteiger partial charge in [-0.25, -0.2) is 0 Å². The SMILES string of the molecule is CC(N)CC(=O)NCC1CCC(C)(C)c2ccccc21. The van der Waals surface area contributed by atoms with Crippen LogP contribution in [0.25, 0.3) is 0 Å². The van der Waals surface area contributed by atoms with E-state index in [9.17, 15) is 4.79 Å². The van der Waals surface area contributed by atoms with Crippen molar-refractivity contribution in [3.63, 3.8) is 0 Å². The van der Waals surface area contributed by atoms with Crippen molar-refractivity contribution in [2.24, 2.45) is 5.73 Å². The topological polar surface area (TPSA) is 55.1 Å². The molecular formula is C17H26N2O. The van der Waals surface area contributed by atoms with Crippen molar-refractivity contribution in [2.75, 3.05) is 6.54 Å². The summed E-state index contributed by atoms with van der Waals surface area (Å²) in [6.07, 6.45) is 2.69. The summed E-state index contributed by atoms with van der Waals surface area (Å²) in [5.74, 6) is 0.485. The lowest BCUT2D eigenvalue weighted by atomic mass is 9.69. The summed E-state index contributed by atoms with van der Waals surface area (Å²) in [4.78, 5) is 11.7. The predicted octanol–water partition coefficient (Wildman–Crippen LogP) is 2.70. The zero-order valence-electron chi connectivity index (χ0n) is 12.8. The summed E-state index contributed by atoms with van der Waals surface area (Å²) in [5, 5.41) is 3.03. The number of amides is 1. The van der Waals surface area contributed by atoms with E-state index in [-0.39, 0.29) is 17.4 Å². The van der Waals surface area contributed by atoms with Gasteiger partial charge in [0.1, 0.15) is 0 Å². The molecule has 1 aromatic rings. The first-order valence-corrected chi connectivity index (χ1v) is 7.52. The minimum absolute atomic E-state index is 0.0577. The standard InChI is InChI=1S/C17H26N2O/c1-12(18)10-16(20)19-11-13-8-9-17(2,3)15-7-5-4-6-14(13)15/h4-7,12-13H,8-11,18H2,1-3H3,(H,19,20). The maximum absolute atomic E-state index is 11.7. The number of nitrogens with two attached hydrogens (primary N) is 1. The molecule has 0 heterocycles. The van der Waals surface area contributed by atoms with Gasteiger partial charge in [-0.2, -0.15) is 0 Å². The minimum atomic E-state index is -0.0763. The Bertz CT molecular complexity index is 480. The van der Waals surface area contributed by atoms with Gasteiger partial charge in [0.15, 0.2) is 0 Å². The van der Waals surface area contributed by atoms with Crippen molar-refractivity contribution in [3.8, 4) is 0 Å². The lowest BCUT2D eigenvalue weighted by molar-refractivity contribution is -0.121. The molecule has 0 spiro atoms. The third-order valence-corrected chi connectivity index (χ3v) is 4.30. The molecule has 0 fully saturated rings. The van der Waals surface area contributed by atoms with E-state index in [0.29, 0.717) is 12.3 Å². The fourth-order valence-electron chi connectivity index (χ4n) is 3.11. The molecule has 1 amide bonds. The molecule has 0 aromatic heterocycles. The number of carbonyl (C=O) groups is 1. The minimum Gasteiger partial charge on any atom is -0.355 e. The quantitative estimate of drug-likeness (QED) is 0.887. The van der Waals surface area contributed by atoms with Gasteiger partial charge in [0, 0.05) is 24.9 Å². The van der Waals surface area contributed by atoms with Gasteiger partial charge < -0.3 is 11.1 Å². The molecule has 0 aliphatic heterocycles. The second-order valence-electron chi connectivity index (χ2n) is 6.69. The Morgan fingerprint density at radius 1 is 1.45 bits per heavy atom. The summed E-state index contributed by atoms with van der Waals surface area (Å²) >= 11 is 0. The third-order valence-electron chi connectivity index (χ3n) is 4.30. The van der Waals surface area contributed by atoms with Gasteiger partial charge >= 0.3 is 0 Å². The molecule has 3 nitrogen and oxygen atoms in total.